The third-order valence-electron chi connectivity index (χ3n) is 7.37. The Kier molecular flexibility index (Phi) is 9.02. The maximum atomic E-state index is 14.8. The number of alkyl halides is 1. The van der Waals surface area contributed by atoms with Gasteiger partial charge in [-0.15, -0.1) is 0 Å². The molecule has 2 heterocycles. The number of rotatable bonds is 9. The fourth-order valence-corrected chi connectivity index (χ4v) is 5.27. The molecule has 41 heavy (non-hydrogen) atoms. The molecule has 3 aromatic rings. The number of benzene rings is 2. The fraction of sp³-hybridized carbons (Fsp3) is 0.455. The Morgan fingerprint density at radius 1 is 1.05 bits per heavy atom. The van der Waals surface area contributed by atoms with E-state index >= 15 is 0 Å². The Morgan fingerprint density at radius 2 is 1.66 bits per heavy atom. The normalized spacial score (nSPS) is 16.0. The predicted molar refractivity (Wildman–Crippen MR) is 157 cm³/mol. The molecule has 6 nitrogen and oxygen atoms in total. The van der Waals surface area contributed by atoms with E-state index in [1.54, 1.807) is 26.0 Å². The summed E-state index contributed by atoms with van der Waals surface area (Å²) < 4.78 is 40.0. The number of aliphatic carboxylic acids is 1. The number of carbonyl (C=O) groups is 1. The molecule has 0 radical (unpaired) electrons. The number of pyridine rings is 1. The molecule has 0 unspecified atom stereocenters. The number of anilines is 1. The second-order valence-corrected chi connectivity index (χ2v) is 12.0. The molecule has 0 saturated carbocycles. The summed E-state index contributed by atoms with van der Waals surface area (Å²) in [7, 11) is 0. The van der Waals surface area contributed by atoms with Crippen LogP contribution in [0.3, 0.4) is 0 Å². The number of hydrogen-bond acceptors (Lipinski definition) is 5. The minimum atomic E-state index is -1.27. The first-order valence-electron chi connectivity index (χ1n) is 14.1. The van der Waals surface area contributed by atoms with E-state index < -0.39 is 23.3 Å². The summed E-state index contributed by atoms with van der Waals surface area (Å²) in [4.78, 5) is 19.5. The van der Waals surface area contributed by atoms with Crippen molar-refractivity contribution in [3.8, 4) is 16.9 Å². The van der Waals surface area contributed by atoms with Crippen LogP contribution in [0, 0.1) is 19.7 Å². The average molecular weight is 567 g/mol. The second-order valence-electron chi connectivity index (χ2n) is 12.0. The van der Waals surface area contributed by atoms with Crippen LogP contribution in [0.1, 0.15) is 69.2 Å². The number of piperidine rings is 1. The molecule has 2 aromatic carbocycles. The highest BCUT2D eigenvalue weighted by Gasteiger charge is 2.37. The quantitative estimate of drug-likeness (QED) is 0.291. The number of aryl methyl sites for hydroxylation is 2. The van der Waals surface area contributed by atoms with Crippen LogP contribution in [0.15, 0.2) is 48.5 Å². The van der Waals surface area contributed by atoms with E-state index in [1.165, 1.54) is 12.1 Å². The third-order valence-corrected chi connectivity index (χ3v) is 7.37. The van der Waals surface area contributed by atoms with Gasteiger partial charge >= 0.3 is 5.97 Å². The van der Waals surface area contributed by atoms with Crippen molar-refractivity contribution in [3.05, 3.63) is 76.9 Å². The monoisotopic (exact) mass is 566 g/mol. The van der Waals surface area contributed by atoms with Crippen LogP contribution < -0.4 is 9.64 Å². The van der Waals surface area contributed by atoms with E-state index in [0.29, 0.717) is 56.0 Å². The number of aromatic nitrogens is 1. The SMILES string of the molecule is Cc1nc(C)c([C@H](OC(C)(C)C)C(=O)O)c(N2CCC(C)(F)CC2)c1-c1ccc(OCCc2ccc(F)cc2)cc1. The van der Waals surface area contributed by atoms with Gasteiger partial charge in [0.25, 0.3) is 0 Å². The van der Waals surface area contributed by atoms with Crippen molar-refractivity contribution < 1.29 is 28.2 Å². The molecule has 1 atom stereocenters. The highest BCUT2D eigenvalue weighted by atomic mass is 19.1. The zero-order valence-corrected chi connectivity index (χ0v) is 24.8. The summed E-state index contributed by atoms with van der Waals surface area (Å²) in [5.74, 6) is -0.685. The molecule has 1 saturated heterocycles. The number of carboxylic acids is 1. The van der Waals surface area contributed by atoms with Gasteiger partial charge in [0.1, 0.15) is 17.2 Å². The Bertz CT molecular complexity index is 1360. The lowest BCUT2D eigenvalue weighted by Crippen LogP contribution is -2.41. The van der Waals surface area contributed by atoms with Crippen molar-refractivity contribution in [2.75, 3.05) is 24.6 Å². The number of hydrogen-bond donors (Lipinski definition) is 1. The topological polar surface area (TPSA) is 71.9 Å². The van der Waals surface area contributed by atoms with Crippen LogP contribution in [0.2, 0.25) is 0 Å². The van der Waals surface area contributed by atoms with Gasteiger partial charge in [0.15, 0.2) is 6.10 Å². The number of carboxylic acid groups (broad SMARTS) is 1. The minimum Gasteiger partial charge on any atom is -0.493 e. The van der Waals surface area contributed by atoms with Gasteiger partial charge in [0.05, 0.1) is 17.9 Å². The van der Waals surface area contributed by atoms with Gasteiger partial charge in [-0.25, -0.2) is 13.6 Å². The van der Waals surface area contributed by atoms with Crippen molar-refractivity contribution in [1.82, 2.24) is 4.98 Å². The highest BCUT2D eigenvalue weighted by Crippen LogP contribution is 2.44. The third kappa shape index (κ3) is 7.61. The fourth-order valence-electron chi connectivity index (χ4n) is 5.27. The van der Waals surface area contributed by atoms with E-state index in [0.717, 1.165) is 28.1 Å². The van der Waals surface area contributed by atoms with E-state index in [-0.39, 0.29) is 5.82 Å². The molecule has 0 spiro atoms. The van der Waals surface area contributed by atoms with Crippen molar-refractivity contribution in [2.24, 2.45) is 0 Å². The lowest BCUT2D eigenvalue weighted by molar-refractivity contribution is -0.160. The summed E-state index contributed by atoms with van der Waals surface area (Å²) in [6.45, 7) is 12.1. The largest absolute Gasteiger partial charge is 0.493 e. The standard InChI is InChI=1S/C33H40F2N2O4/c1-21-27(24-9-13-26(14-10-24)40-20-15-23-7-11-25(34)12-8-23)29(37-18-16-33(6,35)17-19-37)28(22(2)36-21)30(31(38)39)41-32(3,4)5/h7-14,30H,15-20H2,1-6H3,(H,38,39)/t30-/m0/s1. The molecular formula is C33H40F2N2O4. The van der Waals surface area contributed by atoms with Crippen molar-refractivity contribution in [3.63, 3.8) is 0 Å². The molecule has 8 heteroatoms. The molecule has 0 bridgehead atoms. The van der Waals surface area contributed by atoms with Crippen LogP contribution in [0.25, 0.3) is 11.1 Å². The van der Waals surface area contributed by atoms with E-state index in [4.69, 9.17) is 14.5 Å². The zero-order valence-electron chi connectivity index (χ0n) is 24.8. The average Bonchev–Trinajstić information content (AvgIpc) is 2.88. The number of ether oxygens (including phenoxy) is 2. The van der Waals surface area contributed by atoms with Crippen LogP contribution >= 0.6 is 0 Å². The van der Waals surface area contributed by atoms with Gasteiger partial charge in [-0.3, -0.25) is 4.98 Å². The Morgan fingerprint density at radius 3 is 2.22 bits per heavy atom. The summed E-state index contributed by atoms with van der Waals surface area (Å²) in [6.07, 6.45) is 0.0730. The van der Waals surface area contributed by atoms with Crippen molar-refractivity contribution in [2.45, 2.75) is 78.2 Å². The van der Waals surface area contributed by atoms with Crippen LogP contribution in [-0.2, 0) is 16.0 Å². The van der Waals surface area contributed by atoms with E-state index in [1.807, 2.05) is 52.0 Å². The van der Waals surface area contributed by atoms with Crippen molar-refractivity contribution >= 4 is 11.7 Å². The van der Waals surface area contributed by atoms with Gasteiger partial charge in [-0.05, 0) is 89.8 Å². The molecule has 0 aliphatic carbocycles. The zero-order chi connectivity index (χ0) is 29.9. The Balaban J connectivity index is 1.71. The summed E-state index contributed by atoms with van der Waals surface area (Å²) in [5.41, 5.74) is 3.20. The molecule has 1 N–H and O–H groups in total. The Hall–Kier alpha value is -3.52. The van der Waals surface area contributed by atoms with Gasteiger partial charge < -0.3 is 19.5 Å². The van der Waals surface area contributed by atoms with Crippen LogP contribution in [-0.4, -0.2) is 47.0 Å². The van der Waals surface area contributed by atoms with Gasteiger partial charge in [-0.1, -0.05) is 24.3 Å². The summed E-state index contributed by atoms with van der Waals surface area (Å²) >= 11 is 0. The smallest absolute Gasteiger partial charge is 0.337 e. The number of halogens is 2. The Labute approximate surface area is 241 Å². The lowest BCUT2D eigenvalue weighted by Gasteiger charge is -2.39. The molecule has 220 valence electrons. The van der Waals surface area contributed by atoms with Crippen molar-refractivity contribution in [1.29, 1.82) is 0 Å². The lowest BCUT2D eigenvalue weighted by atomic mass is 9.90. The summed E-state index contributed by atoms with van der Waals surface area (Å²) in [5, 5.41) is 10.3. The maximum Gasteiger partial charge on any atom is 0.337 e. The second kappa shape index (κ2) is 12.1. The van der Waals surface area contributed by atoms with Gasteiger partial charge in [-0.2, -0.15) is 0 Å². The van der Waals surface area contributed by atoms with Gasteiger partial charge in [0.2, 0.25) is 0 Å². The molecule has 1 fully saturated rings. The van der Waals surface area contributed by atoms with Crippen LogP contribution in [0.5, 0.6) is 5.75 Å². The molecule has 4 rings (SSSR count). The van der Waals surface area contributed by atoms with Gasteiger partial charge in [0, 0.05) is 42.0 Å². The minimum absolute atomic E-state index is 0.267. The van der Waals surface area contributed by atoms with Crippen LogP contribution in [0.4, 0.5) is 14.5 Å². The van der Waals surface area contributed by atoms with E-state index in [2.05, 4.69) is 4.90 Å². The maximum absolute atomic E-state index is 14.8. The predicted octanol–water partition coefficient (Wildman–Crippen LogP) is 7.40. The molecule has 0 amide bonds. The highest BCUT2D eigenvalue weighted by molar-refractivity contribution is 5.88. The number of nitrogens with zero attached hydrogens (tertiary/aromatic N) is 2. The molecular weight excluding hydrogens is 526 g/mol. The molecule has 1 aliphatic rings. The first kappa shape index (κ1) is 30.4. The first-order chi connectivity index (χ1) is 19.2. The first-order valence-corrected chi connectivity index (χ1v) is 14.1. The van der Waals surface area contributed by atoms with E-state index in [9.17, 15) is 18.7 Å². The molecule has 1 aromatic heterocycles. The molecule has 1 aliphatic heterocycles. The summed E-state index contributed by atoms with van der Waals surface area (Å²) in [6, 6.07) is 14.0.